The van der Waals surface area contributed by atoms with E-state index in [1.54, 1.807) is 4.90 Å². The van der Waals surface area contributed by atoms with Gasteiger partial charge in [-0.1, -0.05) is 11.6 Å². The molecule has 0 aliphatic carbocycles. The quantitative estimate of drug-likeness (QED) is 0.859. The van der Waals surface area contributed by atoms with E-state index in [-0.39, 0.29) is 10.6 Å². The van der Waals surface area contributed by atoms with Gasteiger partial charge in [-0.3, -0.25) is 4.90 Å². The number of hydrogen-bond donors (Lipinski definition) is 1. The van der Waals surface area contributed by atoms with Gasteiger partial charge in [0.25, 0.3) is 0 Å². The molecule has 0 aromatic heterocycles. The summed E-state index contributed by atoms with van der Waals surface area (Å²) in [5.74, 6) is -1.75. The lowest BCUT2D eigenvalue weighted by atomic mass is 10.00. The number of nitrogens with one attached hydrogen (secondary N) is 1. The van der Waals surface area contributed by atoms with Crippen LogP contribution in [-0.2, 0) is 0 Å². The van der Waals surface area contributed by atoms with Crippen molar-refractivity contribution in [3.8, 4) is 0 Å². The van der Waals surface area contributed by atoms with Gasteiger partial charge in [0.15, 0.2) is 0 Å². The Bertz CT molecular complexity index is 441. The number of halogens is 5. The second-order valence-electron chi connectivity index (χ2n) is 4.71. The smallest absolute Gasteiger partial charge is 0.240 e. The summed E-state index contributed by atoms with van der Waals surface area (Å²) in [6.07, 6.45) is -3.24. The Labute approximate surface area is 119 Å². The van der Waals surface area contributed by atoms with E-state index in [4.69, 9.17) is 11.6 Å². The van der Waals surface area contributed by atoms with Gasteiger partial charge in [-0.05, 0) is 12.1 Å². The molecule has 0 radical (unpaired) electrons. The van der Waals surface area contributed by atoms with Crippen LogP contribution in [0.25, 0.3) is 0 Å². The topological polar surface area (TPSA) is 15.3 Å². The van der Waals surface area contributed by atoms with Crippen molar-refractivity contribution in [2.75, 3.05) is 26.2 Å². The molecule has 2 nitrogen and oxygen atoms in total. The van der Waals surface area contributed by atoms with Crippen molar-refractivity contribution in [1.82, 2.24) is 10.2 Å². The van der Waals surface area contributed by atoms with Crippen molar-refractivity contribution in [2.24, 2.45) is 0 Å². The molecule has 0 spiro atoms. The number of alkyl halides is 2. The number of nitrogens with zero attached hydrogens (tertiary/aromatic N) is 1. The van der Waals surface area contributed by atoms with E-state index in [1.165, 1.54) is 0 Å². The molecule has 7 heteroatoms. The summed E-state index contributed by atoms with van der Waals surface area (Å²) in [6.45, 7) is 2.16. The Morgan fingerprint density at radius 3 is 2.20 bits per heavy atom. The largest absolute Gasteiger partial charge is 0.314 e. The minimum absolute atomic E-state index is 0.0835. The third-order valence-corrected chi connectivity index (χ3v) is 3.59. The van der Waals surface area contributed by atoms with E-state index in [1.807, 2.05) is 0 Å². The summed E-state index contributed by atoms with van der Waals surface area (Å²) in [5.41, 5.74) is -0.323. The summed E-state index contributed by atoms with van der Waals surface area (Å²) in [5, 5.41) is 2.99. The van der Waals surface area contributed by atoms with Crippen LogP contribution < -0.4 is 5.32 Å². The van der Waals surface area contributed by atoms with E-state index < -0.39 is 30.5 Å². The van der Waals surface area contributed by atoms with E-state index >= 15 is 0 Å². The molecule has 0 unspecified atom stereocenters. The molecule has 1 fully saturated rings. The van der Waals surface area contributed by atoms with E-state index in [9.17, 15) is 17.6 Å². The maximum atomic E-state index is 14.0. The zero-order valence-electron chi connectivity index (χ0n) is 10.7. The number of piperazine rings is 1. The van der Waals surface area contributed by atoms with Crippen LogP contribution in [0.4, 0.5) is 17.6 Å². The van der Waals surface area contributed by atoms with Crippen LogP contribution in [0.2, 0.25) is 5.02 Å². The highest BCUT2D eigenvalue weighted by Crippen LogP contribution is 2.33. The fourth-order valence-electron chi connectivity index (χ4n) is 2.48. The van der Waals surface area contributed by atoms with E-state index in [0.29, 0.717) is 26.2 Å². The van der Waals surface area contributed by atoms with Crippen molar-refractivity contribution in [2.45, 2.75) is 18.9 Å². The number of hydrogen-bond acceptors (Lipinski definition) is 2. The second-order valence-corrected chi connectivity index (χ2v) is 5.15. The minimum atomic E-state index is -2.63. The van der Waals surface area contributed by atoms with Crippen LogP contribution in [0.15, 0.2) is 12.1 Å². The standard InChI is InChI=1S/C13H15ClF4N2/c14-8-5-9(15)13(10(16)6-8)11(7-12(17)18)20-3-1-19-2-4-20/h5-6,11-12,19H,1-4,7H2/t11-/m1/s1. The minimum Gasteiger partial charge on any atom is -0.314 e. The molecule has 1 aliphatic rings. The summed E-state index contributed by atoms with van der Waals surface area (Å²) >= 11 is 5.57. The van der Waals surface area contributed by atoms with Crippen LogP contribution in [0.1, 0.15) is 18.0 Å². The Morgan fingerprint density at radius 2 is 1.70 bits per heavy atom. The normalized spacial score (nSPS) is 18.5. The molecule has 2 rings (SSSR count). The molecular weight excluding hydrogens is 296 g/mol. The van der Waals surface area contributed by atoms with Gasteiger partial charge in [-0.25, -0.2) is 17.6 Å². The van der Waals surface area contributed by atoms with Gasteiger partial charge in [-0.15, -0.1) is 0 Å². The highest BCUT2D eigenvalue weighted by Gasteiger charge is 2.30. The first kappa shape index (κ1) is 15.5. The van der Waals surface area contributed by atoms with E-state index in [2.05, 4.69) is 5.32 Å². The first-order valence-electron chi connectivity index (χ1n) is 6.36. The second kappa shape index (κ2) is 6.74. The molecule has 1 N–H and O–H groups in total. The predicted molar refractivity (Wildman–Crippen MR) is 69.2 cm³/mol. The van der Waals surface area contributed by atoms with E-state index in [0.717, 1.165) is 12.1 Å². The SMILES string of the molecule is Fc1cc(Cl)cc(F)c1[C@@H](CC(F)F)N1CCNCC1. The van der Waals surface area contributed by atoms with Crippen LogP contribution >= 0.6 is 11.6 Å². The molecule has 1 aromatic rings. The van der Waals surface area contributed by atoms with Gasteiger partial charge in [0, 0.05) is 49.2 Å². The molecule has 1 aliphatic heterocycles. The fourth-order valence-corrected chi connectivity index (χ4v) is 2.68. The molecule has 1 saturated heterocycles. The summed E-state index contributed by atoms with van der Waals surface area (Å²) < 4.78 is 53.4. The van der Waals surface area contributed by atoms with Gasteiger partial charge < -0.3 is 5.32 Å². The highest BCUT2D eigenvalue weighted by atomic mass is 35.5. The van der Waals surface area contributed by atoms with Crippen LogP contribution in [0.3, 0.4) is 0 Å². The Hall–Kier alpha value is -0.850. The zero-order chi connectivity index (χ0) is 14.7. The van der Waals surface area contributed by atoms with Crippen LogP contribution in [0, 0.1) is 11.6 Å². The molecule has 1 aromatic carbocycles. The molecular formula is C13H15ClF4N2. The number of benzene rings is 1. The lowest BCUT2D eigenvalue weighted by Gasteiger charge is -2.35. The molecule has 0 amide bonds. The van der Waals surface area contributed by atoms with Crippen molar-refractivity contribution in [1.29, 1.82) is 0 Å². The Kier molecular flexibility index (Phi) is 5.23. The molecule has 20 heavy (non-hydrogen) atoms. The van der Waals surface area contributed by atoms with Crippen LogP contribution in [-0.4, -0.2) is 37.5 Å². The molecule has 1 atom stereocenters. The third kappa shape index (κ3) is 3.62. The maximum Gasteiger partial charge on any atom is 0.240 e. The molecule has 0 saturated carbocycles. The number of rotatable bonds is 4. The molecule has 0 bridgehead atoms. The Morgan fingerprint density at radius 1 is 1.15 bits per heavy atom. The van der Waals surface area contributed by atoms with Gasteiger partial charge in [0.05, 0.1) is 0 Å². The van der Waals surface area contributed by atoms with Crippen LogP contribution in [0.5, 0.6) is 0 Å². The lowest BCUT2D eigenvalue weighted by molar-refractivity contribution is 0.0710. The Balaban J connectivity index is 2.35. The summed E-state index contributed by atoms with van der Waals surface area (Å²) in [6, 6.07) is 0.940. The third-order valence-electron chi connectivity index (χ3n) is 3.37. The van der Waals surface area contributed by atoms with Gasteiger partial charge in [0.2, 0.25) is 6.43 Å². The average molecular weight is 311 g/mol. The summed E-state index contributed by atoms with van der Waals surface area (Å²) in [7, 11) is 0. The maximum absolute atomic E-state index is 14.0. The first-order chi connectivity index (χ1) is 9.49. The monoisotopic (exact) mass is 310 g/mol. The van der Waals surface area contributed by atoms with Crippen molar-refractivity contribution in [3.05, 3.63) is 34.4 Å². The van der Waals surface area contributed by atoms with Crippen molar-refractivity contribution >= 4 is 11.6 Å². The summed E-state index contributed by atoms with van der Waals surface area (Å²) in [4.78, 5) is 1.68. The predicted octanol–water partition coefficient (Wildman–Crippen LogP) is 3.22. The lowest BCUT2D eigenvalue weighted by Crippen LogP contribution is -2.46. The van der Waals surface area contributed by atoms with Gasteiger partial charge in [0.1, 0.15) is 11.6 Å². The van der Waals surface area contributed by atoms with Crippen molar-refractivity contribution in [3.63, 3.8) is 0 Å². The highest BCUT2D eigenvalue weighted by molar-refractivity contribution is 6.30. The zero-order valence-corrected chi connectivity index (χ0v) is 11.4. The first-order valence-corrected chi connectivity index (χ1v) is 6.74. The van der Waals surface area contributed by atoms with Gasteiger partial charge in [-0.2, -0.15) is 0 Å². The van der Waals surface area contributed by atoms with Crippen molar-refractivity contribution < 1.29 is 17.6 Å². The molecule has 112 valence electrons. The molecule has 1 heterocycles. The fraction of sp³-hybridized carbons (Fsp3) is 0.538. The average Bonchev–Trinajstić information content (AvgIpc) is 2.37. The van der Waals surface area contributed by atoms with Gasteiger partial charge >= 0.3 is 0 Å².